The summed E-state index contributed by atoms with van der Waals surface area (Å²) in [5, 5.41) is 8.36. The van der Waals surface area contributed by atoms with Crippen molar-refractivity contribution in [1.29, 1.82) is 0 Å². The standard InChI is InChI=1S/C22H29N9O8S2/c1-22(2)17(20(33)31(22)39-41(34,35)36)29-19(32)16(15-11-40-21(25)28-15)30-38-10-9-37-14-5-3-13(4-6-14)18(24)27-8-7-26-12-23/h3-6,11-12,17H,7-10H2,1-2H3,(H2,23,26)(H2,24,27)(H2,25,28)(H,29,32)(H,34,35,36)/b30-16-/t17-/m1/s1. The van der Waals surface area contributed by atoms with E-state index in [0.29, 0.717) is 35.3 Å². The van der Waals surface area contributed by atoms with Gasteiger partial charge in [-0.2, -0.15) is 13.5 Å². The molecule has 1 aromatic heterocycles. The third-order valence-corrected chi connectivity index (χ3v) is 6.48. The quantitative estimate of drug-likeness (QED) is 0.0433. The van der Waals surface area contributed by atoms with Crippen molar-refractivity contribution >= 4 is 56.6 Å². The number of amidine groups is 1. The van der Waals surface area contributed by atoms with E-state index in [0.717, 1.165) is 11.3 Å². The Balaban J connectivity index is 1.58. The van der Waals surface area contributed by atoms with Gasteiger partial charge in [0.2, 0.25) is 0 Å². The second-order valence-corrected chi connectivity index (χ2v) is 10.6. The molecular formula is C22H29N9O8S2. The number of β-lactam (4-membered cyclic amide) rings is 1. The van der Waals surface area contributed by atoms with Crippen LogP contribution in [0.1, 0.15) is 25.1 Å². The van der Waals surface area contributed by atoms with Crippen LogP contribution < -0.4 is 27.3 Å². The normalized spacial score (nSPS) is 17.4. The van der Waals surface area contributed by atoms with Crippen molar-refractivity contribution in [1.82, 2.24) is 15.4 Å². The van der Waals surface area contributed by atoms with Gasteiger partial charge in [0.1, 0.15) is 29.9 Å². The highest BCUT2D eigenvalue weighted by Gasteiger charge is 2.58. The van der Waals surface area contributed by atoms with E-state index in [9.17, 15) is 18.0 Å². The number of nitrogens with zero attached hydrogens (tertiary/aromatic N) is 5. The topological polar surface area (TPSA) is 260 Å². The zero-order chi connectivity index (χ0) is 30.2. The zero-order valence-corrected chi connectivity index (χ0v) is 23.6. The number of thiazole rings is 1. The van der Waals surface area contributed by atoms with Gasteiger partial charge in [0.25, 0.3) is 11.8 Å². The maximum Gasteiger partial charge on any atom is 0.418 e. The Kier molecular flexibility index (Phi) is 10.2. The lowest BCUT2D eigenvalue weighted by atomic mass is 9.84. The molecule has 2 heterocycles. The van der Waals surface area contributed by atoms with Crippen LogP contribution in [0.5, 0.6) is 5.75 Å². The van der Waals surface area contributed by atoms with Crippen LogP contribution in [0.3, 0.4) is 0 Å². The third-order valence-electron chi connectivity index (χ3n) is 5.47. The first-order valence-electron chi connectivity index (χ1n) is 11.8. The van der Waals surface area contributed by atoms with E-state index < -0.39 is 33.8 Å². The number of hydrogen-bond acceptors (Lipinski definition) is 13. The van der Waals surface area contributed by atoms with Crippen molar-refractivity contribution < 1.29 is 36.4 Å². The number of hydrogen-bond donors (Lipinski definition) is 5. The van der Waals surface area contributed by atoms with Gasteiger partial charge in [-0.25, -0.2) is 4.98 Å². The second kappa shape index (κ2) is 13.4. The highest BCUT2D eigenvalue weighted by molar-refractivity contribution is 7.80. The fourth-order valence-electron chi connectivity index (χ4n) is 3.44. The predicted molar refractivity (Wildman–Crippen MR) is 150 cm³/mol. The van der Waals surface area contributed by atoms with Crippen LogP contribution in [0.2, 0.25) is 0 Å². The van der Waals surface area contributed by atoms with E-state index in [1.54, 1.807) is 24.3 Å². The number of aromatic nitrogens is 1. The molecule has 41 heavy (non-hydrogen) atoms. The number of oxime groups is 1. The van der Waals surface area contributed by atoms with Crippen LogP contribution in [-0.4, -0.2) is 90.6 Å². The minimum absolute atomic E-state index is 0.0623. The summed E-state index contributed by atoms with van der Waals surface area (Å²) >= 11 is 1.05. The number of nitrogens with two attached hydrogens (primary N) is 3. The lowest BCUT2D eigenvalue weighted by Crippen LogP contribution is -2.76. The first-order chi connectivity index (χ1) is 19.3. The minimum Gasteiger partial charge on any atom is -0.490 e. The Morgan fingerprint density at radius 1 is 1.27 bits per heavy atom. The molecule has 17 nitrogen and oxygen atoms in total. The Morgan fingerprint density at radius 2 is 1.98 bits per heavy atom. The summed E-state index contributed by atoms with van der Waals surface area (Å²) in [7, 11) is -4.95. The van der Waals surface area contributed by atoms with Crippen molar-refractivity contribution in [3.8, 4) is 5.75 Å². The molecule has 0 saturated carbocycles. The van der Waals surface area contributed by atoms with Crippen LogP contribution in [0.25, 0.3) is 0 Å². The van der Waals surface area contributed by atoms with Gasteiger partial charge in [-0.3, -0.25) is 24.1 Å². The summed E-state index contributed by atoms with van der Waals surface area (Å²) in [6.45, 7) is 3.67. The molecule has 19 heteroatoms. The molecule has 0 spiro atoms. The summed E-state index contributed by atoms with van der Waals surface area (Å²) in [4.78, 5) is 42.7. The highest BCUT2D eigenvalue weighted by atomic mass is 32.3. The molecule has 2 amide bonds. The average molecular weight is 612 g/mol. The molecule has 3 rings (SSSR count). The predicted octanol–water partition coefficient (Wildman–Crippen LogP) is -0.943. The smallest absolute Gasteiger partial charge is 0.418 e. The second-order valence-electron chi connectivity index (χ2n) is 8.73. The van der Waals surface area contributed by atoms with Crippen molar-refractivity contribution in [2.45, 2.75) is 25.4 Å². The number of carbonyl (C=O) groups is 2. The lowest BCUT2D eigenvalue weighted by molar-refractivity contribution is -0.218. The fourth-order valence-corrected chi connectivity index (χ4v) is 4.44. The van der Waals surface area contributed by atoms with Gasteiger partial charge in [-0.1, -0.05) is 5.16 Å². The number of anilines is 1. The molecule has 0 radical (unpaired) electrons. The third kappa shape index (κ3) is 8.33. The number of carbonyl (C=O) groups excluding carboxylic acids is 2. The Labute approximate surface area is 239 Å². The maximum atomic E-state index is 13.0. The summed E-state index contributed by atoms with van der Waals surface area (Å²) in [6, 6.07) is 5.66. The number of nitrogens with one attached hydrogen (secondary N) is 1. The van der Waals surface area contributed by atoms with Gasteiger partial charge < -0.3 is 32.1 Å². The van der Waals surface area contributed by atoms with Crippen LogP contribution in [-0.2, 0) is 29.1 Å². The van der Waals surface area contributed by atoms with Crippen molar-refractivity contribution in [3.63, 3.8) is 0 Å². The maximum absolute atomic E-state index is 13.0. The molecule has 0 bridgehead atoms. The number of rotatable bonds is 14. The first kappa shape index (κ1) is 31.2. The number of aliphatic imine (C=N–C) groups is 2. The molecule has 1 aliphatic heterocycles. The molecular weight excluding hydrogens is 582 g/mol. The Bertz CT molecular complexity index is 1440. The van der Waals surface area contributed by atoms with E-state index in [-0.39, 0.29) is 29.8 Å². The van der Waals surface area contributed by atoms with Gasteiger partial charge in [-0.15, -0.1) is 15.6 Å². The van der Waals surface area contributed by atoms with Gasteiger partial charge >= 0.3 is 10.4 Å². The average Bonchev–Trinajstić information content (AvgIpc) is 3.35. The molecule has 2 aromatic rings. The van der Waals surface area contributed by atoms with Crippen molar-refractivity contribution in [3.05, 3.63) is 40.9 Å². The zero-order valence-electron chi connectivity index (χ0n) is 22.0. The van der Waals surface area contributed by atoms with E-state index in [4.69, 9.17) is 31.3 Å². The van der Waals surface area contributed by atoms with Gasteiger partial charge in [-0.05, 0) is 38.1 Å². The largest absolute Gasteiger partial charge is 0.490 e. The molecule has 0 aliphatic carbocycles. The minimum atomic E-state index is -4.95. The number of benzene rings is 1. The van der Waals surface area contributed by atoms with E-state index in [2.05, 4.69) is 29.7 Å². The van der Waals surface area contributed by atoms with E-state index >= 15 is 0 Å². The molecule has 1 aliphatic rings. The number of amides is 2. The highest BCUT2D eigenvalue weighted by Crippen LogP contribution is 2.33. The Hall–Kier alpha value is -4.33. The summed E-state index contributed by atoms with van der Waals surface area (Å²) in [6.07, 6.45) is 1.21. The van der Waals surface area contributed by atoms with E-state index in [1.165, 1.54) is 25.6 Å². The monoisotopic (exact) mass is 611 g/mol. The first-order valence-corrected chi connectivity index (χ1v) is 14.0. The van der Waals surface area contributed by atoms with Gasteiger partial charge in [0.05, 0.1) is 25.0 Å². The summed E-state index contributed by atoms with van der Waals surface area (Å²) in [5.41, 5.74) is 16.0. The SMILES string of the molecule is CC1(C)[C@H](NC(=O)/C(=N\OCCOc2ccc(C(N)=NCCN=CN)cc2)c2csc(N)n2)C(=O)N1OS(=O)(=O)O. The van der Waals surface area contributed by atoms with Gasteiger partial charge in [0.15, 0.2) is 17.5 Å². The van der Waals surface area contributed by atoms with Crippen LogP contribution >= 0.6 is 11.3 Å². The summed E-state index contributed by atoms with van der Waals surface area (Å²) in [5.74, 6) is -0.888. The fraction of sp³-hybridized carbons (Fsp3) is 0.364. The molecule has 222 valence electrons. The van der Waals surface area contributed by atoms with Crippen molar-refractivity contribution in [2.75, 3.05) is 32.0 Å². The molecule has 1 saturated heterocycles. The van der Waals surface area contributed by atoms with Crippen molar-refractivity contribution in [2.24, 2.45) is 26.6 Å². The summed E-state index contributed by atoms with van der Waals surface area (Å²) < 4.78 is 40.8. The number of ether oxygens (including phenoxy) is 1. The van der Waals surface area contributed by atoms with Gasteiger partial charge in [0, 0.05) is 10.9 Å². The van der Waals surface area contributed by atoms with Crippen LogP contribution in [0, 0.1) is 0 Å². The number of hydroxylamine groups is 2. The Morgan fingerprint density at radius 3 is 2.56 bits per heavy atom. The molecule has 8 N–H and O–H groups in total. The molecule has 1 atom stereocenters. The molecule has 0 unspecified atom stereocenters. The van der Waals surface area contributed by atoms with E-state index in [1.807, 2.05) is 0 Å². The van der Waals surface area contributed by atoms with Crippen LogP contribution in [0.4, 0.5) is 5.13 Å². The lowest BCUT2D eigenvalue weighted by Gasteiger charge is -2.50. The number of nitrogen functional groups attached to an aromatic ring is 1. The molecule has 1 aromatic carbocycles. The molecule has 1 fully saturated rings. The van der Waals surface area contributed by atoms with Crippen LogP contribution in [0.15, 0.2) is 44.8 Å².